The molecule has 0 aliphatic heterocycles. The Bertz CT molecular complexity index is 551. The van der Waals surface area contributed by atoms with Crippen LogP contribution in [0.15, 0.2) is 24.3 Å². The predicted molar refractivity (Wildman–Crippen MR) is 90.1 cm³/mol. The van der Waals surface area contributed by atoms with Gasteiger partial charge in [0.1, 0.15) is 0 Å². The first-order valence-electron chi connectivity index (χ1n) is 8.06. The van der Waals surface area contributed by atoms with E-state index >= 15 is 0 Å². The Kier molecular flexibility index (Phi) is 7.55. The normalized spacial score (nSPS) is 21.9. The fourth-order valence-corrected chi connectivity index (χ4v) is 3.32. The highest BCUT2D eigenvalue weighted by Gasteiger charge is 2.39. The first kappa shape index (κ1) is 20.8. The molecule has 0 spiro atoms. The Morgan fingerprint density at radius 3 is 2.62 bits per heavy atom. The maximum Gasteiger partial charge on any atom is 0.416 e. The zero-order valence-electron chi connectivity index (χ0n) is 13.6. The van der Waals surface area contributed by atoms with Crippen LogP contribution in [-0.2, 0) is 11.0 Å². The van der Waals surface area contributed by atoms with Crippen molar-refractivity contribution in [3.63, 3.8) is 0 Å². The number of amides is 1. The van der Waals surface area contributed by atoms with Gasteiger partial charge in [0.15, 0.2) is 0 Å². The van der Waals surface area contributed by atoms with Crippen LogP contribution in [0.5, 0.6) is 0 Å². The summed E-state index contributed by atoms with van der Waals surface area (Å²) in [4.78, 5) is 12.1. The molecule has 1 amide bonds. The first-order valence-corrected chi connectivity index (χ1v) is 8.06. The van der Waals surface area contributed by atoms with E-state index < -0.39 is 17.8 Å². The van der Waals surface area contributed by atoms with E-state index in [1.807, 2.05) is 6.92 Å². The number of halogens is 4. The molecular formula is C17H24ClF3N2O. The molecule has 3 nitrogen and oxygen atoms in total. The van der Waals surface area contributed by atoms with E-state index in [-0.39, 0.29) is 35.8 Å². The Morgan fingerprint density at radius 2 is 2.00 bits per heavy atom. The third kappa shape index (κ3) is 4.86. The second kappa shape index (κ2) is 8.72. The maximum atomic E-state index is 13.2. The number of nitrogens with two attached hydrogens (primary N) is 1. The van der Waals surface area contributed by atoms with Crippen LogP contribution in [0.1, 0.15) is 56.1 Å². The van der Waals surface area contributed by atoms with Crippen molar-refractivity contribution >= 4 is 18.3 Å². The lowest BCUT2D eigenvalue weighted by Crippen LogP contribution is -2.46. The molecule has 1 aliphatic rings. The Balaban J connectivity index is 0.00000288. The zero-order chi connectivity index (χ0) is 17.0. The van der Waals surface area contributed by atoms with Crippen LogP contribution in [0.3, 0.4) is 0 Å². The molecule has 3 atom stereocenters. The predicted octanol–water partition coefficient (Wildman–Crippen LogP) is 4.01. The van der Waals surface area contributed by atoms with Crippen molar-refractivity contribution in [1.82, 2.24) is 5.32 Å². The molecule has 0 aromatic heterocycles. The van der Waals surface area contributed by atoms with Crippen molar-refractivity contribution in [3.05, 3.63) is 35.4 Å². The third-order valence-electron chi connectivity index (χ3n) is 4.45. The number of alkyl halides is 3. The zero-order valence-corrected chi connectivity index (χ0v) is 14.4. The van der Waals surface area contributed by atoms with Crippen molar-refractivity contribution in [1.29, 1.82) is 0 Å². The molecule has 1 aliphatic carbocycles. The molecule has 136 valence electrons. The highest BCUT2D eigenvalue weighted by atomic mass is 35.5. The average Bonchev–Trinajstić information content (AvgIpc) is 2.94. The number of hydrogen-bond acceptors (Lipinski definition) is 2. The third-order valence-corrected chi connectivity index (χ3v) is 4.45. The number of rotatable bonds is 5. The van der Waals surface area contributed by atoms with Crippen LogP contribution in [0.25, 0.3) is 0 Å². The smallest absolute Gasteiger partial charge is 0.351 e. The molecule has 24 heavy (non-hydrogen) atoms. The van der Waals surface area contributed by atoms with Gasteiger partial charge in [-0.05, 0) is 30.9 Å². The minimum absolute atomic E-state index is 0. The lowest BCUT2D eigenvalue weighted by molar-refractivity contribution is -0.138. The molecule has 1 fully saturated rings. The number of benzene rings is 1. The number of carbonyl (C=O) groups is 1. The second-order valence-corrected chi connectivity index (χ2v) is 6.13. The van der Waals surface area contributed by atoms with Gasteiger partial charge in [0.2, 0.25) is 5.91 Å². The van der Waals surface area contributed by atoms with Gasteiger partial charge in [-0.2, -0.15) is 13.2 Å². The highest BCUT2D eigenvalue weighted by molar-refractivity contribution is 5.85. The van der Waals surface area contributed by atoms with Crippen molar-refractivity contribution in [2.24, 2.45) is 5.73 Å². The molecule has 1 aromatic carbocycles. The monoisotopic (exact) mass is 364 g/mol. The number of hydrogen-bond donors (Lipinski definition) is 2. The number of carbonyl (C=O) groups excluding carboxylic acids is 1. The summed E-state index contributed by atoms with van der Waals surface area (Å²) >= 11 is 0. The lowest BCUT2D eigenvalue weighted by Gasteiger charge is -2.25. The van der Waals surface area contributed by atoms with Gasteiger partial charge >= 0.3 is 6.18 Å². The molecule has 0 heterocycles. The molecule has 0 radical (unpaired) electrons. The summed E-state index contributed by atoms with van der Waals surface area (Å²) < 4.78 is 39.6. The molecule has 1 aromatic rings. The number of nitrogens with one attached hydrogen (secondary N) is 1. The maximum absolute atomic E-state index is 13.2. The quantitative estimate of drug-likeness (QED) is 0.829. The highest BCUT2D eigenvalue weighted by Crippen LogP contribution is 2.41. The van der Waals surface area contributed by atoms with Crippen LogP contribution in [0, 0.1) is 0 Å². The van der Waals surface area contributed by atoms with Crippen LogP contribution in [-0.4, -0.2) is 18.0 Å². The Morgan fingerprint density at radius 1 is 1.33 bits per heavy atom. The largest absolute Gasteiger partial charge is 0.416 e. The minimum Gasteiger partial charge on any atom is -0.351 e. The summed E-state index contributed by atoms with van der Waals surface area (Å²) in [5.41, 5.74) is 5.46. The van der Waals surface area contributed by atoms with Gasteiger partial charge in [0.05, 0.1) is 11.6 Å². The molecule has 3 unspecified atom stereocenters. The van der Waals surface area contributed by atoms with Gasteiger partial charge in [-0.3, -0.25) is 4.79 Å². The minimum atomic E-state index is -4.38. The van der Waals surface area contributed by atoms with Gasteiger partial charge in [-0.25, -0.2) is 0 Å². The molecule has 3 N–H and O–H groups in total. The lowest BCUT2D eigenvalue weighted by atomic mass is 9.89. The molecular weight excluding hydrogens is 341 g/mol. The standard InChI is InChI=1S/C17H23F3N2O.ClH/c1-2-6-14(21)16(23)22-15-10-5-8-12(15)11-7-3-4-9-13(11)17(18,19)20;/h3-4,7,9,12,14-15H,2,5-6,8,10,21H2,1H3,(H,22,23);1H. The Hall–Kier alpha value is -1.27. The van der Waals surface area contributed by atoms with Gasteiger partial charge in [-0.1, -0.05) is 38.0 Å². The van der Waals surface area contributed by atoms with E-state index in [0.29, 0.717) is 19.3 Å². The van der Waals surface area contributed by atoms with Crippen molar-refractivity contribution in [3.8, 4) is 0 Å². The van der Waals surface area contributed by atoms with E-state index in [2.05, 4.69) is 5.32 Å². The summed E-state index contributed by atoms with van der Waals surface area (Å²) in [6, 6.07) is 4.75. The molecule has 1 saturated carbocycles. The first-order chi connectivity index (χ1) is 10.8. The van der Waals surface area contributed by atoms with E-state index in [1.54, 1.807) is 6.07 Å². The topological polar surface area (TPSA) is 55.1 Å². The summed E-state index contributed by atoms with van der Waals surface area (Å²) in [5.74, 6) is -0.584. The molecule has 2 rings (SSSR count). The van der Waals surface area contributed by atoms with E-state index in [4.69, 9.17) is 5.73 Å². The van der Waals surface area contributed by atoms with Crippen LogP contribution < -0.4 is 11.1 Å². The average molecular weight is 365 g/mol. The van der Waals surface area contributed by atoms with E-state index in [0.717, 1.165) is 18.9 Å². The summed E-state index contributed by atoms with van der Waals surface area (Å²) in [5, 5.41) is 2.86. The van der Waals surface area contributed by atoms with Crippen molar-refractivity contribution in [2.75, 3.05) is 0 Å². The molecule has 0 bridgehead atoms. The fraction of sp³-hybridized carbons (Fsp3) is 0.588. The summed E-state index contributed by atoms with van der Waals surface area (Å²) in [6.07, 6.45) is -0.901. The van der Waals surface area contributed by atoms with E-state index in [1.165, 1.54) is 12.1 Å². The van der Waals surface area contributed by atoms with Gasteiger partial charge in [0.25, 0.3) is 0 Å². The van der Waals surface area contributed by atoms with Crippen LogP contribution in [0.2, 0.25) is 0 Å². The van der Waals surface area contributed by atoms with Gasteiger partial charge in [-0.15, -0.1) is 12.4 Å². The van der Waals surface area contributed by atoms with Crippen molar-refractivity contribution < 1.29 is 18.0 Å². The Labute approximate surface area is 146 Å². The van der Waals surface area contributed by atoms with Crippen LogP contribution >= 0.6 is 12.4 Å². The van der Waals surface area contributed by atoms with E-state index in [9.17, 15) is 18.0 Å². The van der Waals surface area contributed by atoms with Gasteiger partial charge in [0, 0.05) is 12.0 Å². The van der Waals surface area contributed by atoms with Crippen molar-refractivity contribution in [2.45, 2.75) is 63.2 Å². The van der Waals surface area contributed by atoms with Gasteiger partial charge < -0.3 is 11.1 Å². The fourth-order valence-electron chi connectivity index (χ4n) is 3.32. The SMILES string of the molecule is CCCC(N)C(=O)NC1CCCC1c1ccccc1C(F)(F)F.Cl. The molecule has 7 heteroatoms. The summed E-state index contributed by atoms with van der Waals surface area (Å²) in [6.45, 7) is 1.94. The molecule has 0 saturated heterocycles. The van der Waals surface area contributed by atoms with Crippen LogP contribution in [0.4, 0.5) is 13.2 Å². The second-order valence-electron chi connectivity index (χ2n) is 6.13. The summed E-state index contributed by atoms with van der Waals surface area (Å²) in [7, 11) is 0.